The third-order valence-electron chi connectivity index (χ3n) is 8.06. The monoisotopic (exact) mass is 480 g/mol. The van der Waals surface area contributed by atoms with Crippen LogP contribution in [-0.4, -0.2) is 63.9 Å². The summed E-state index contributed by atoms with van der Waals surface area (Å²) in [5.41, 5.74) is 3.67. The predicted octanol–water partition coefficient (Wildman–Crippen LogP) is 6.15. The molecule has 2 fully saturated rings. The maximum atomic E-state index is 15.3. The van der Waals surface area contributed by atoms with Gasteiger partial charge in [0, 0.05) is 35.7 Å². The molecule has 4 nitrogen and oxygen atoms in total. The number of hydrogen-bond acceptors (Lipinski definition) is 4. The van der Waals surface area contributed by atoms with Crippen molar-refractivity contribution >= 4 is 22.8 Å². The van der Waals surface area contributed by atoms with E-state index in [0.717, 1.165) is 53.9 Å². The Labute approximate surface area is 207 Å². The van der Waals surface area contributed by atoms with Crippen molar-refractivity contribution in [1.82, 2.24) is 19.4 Å². The number of hydrogen-bond donors (Lipinski definition) is 0. The van der Waals surface area contributed by atoms with Crippen LogP contribution in [0.3, 0.4) is 0 Å². The van der Waals surface area contributed by atoms with Crippen molar-refractivity contribution in [3.63, 3.8) is 0 Å². The van der Waals surface area contributed by atoms with Gasteiger partial charge >= 0.3 is 0 Å². The maximum Gasteiger partial charge on any atom is 0.140 e. The first kappa shape index (κ1) is 23.8. The lowest BCUT2D eigenvalue weighted by atomic mass is 9.87. The molecule has 2 saturated heterocycles. The SMILES string of the molecule is CSc1ccc(-c2nc3cc(C4CCN(C5CCN(C(C)C)CC5)CC4)c(F)cc3n2C)cc1. The number of likely N-dealkylation sites (tertiary alicyclic amines) is 2. The summed E-state index contributed by atoms with van der Waals surface area (Å²) >= 11 is 1.73. The van der Waals surface area contributed by atoms with Crippen LogP contribution in [0, 0.1) is 5.82 Å². The van der Waals surface area contributed by atoms with Gasteiger partial charge in [-0.3, -0.25) is 0 Å². The van der Waals surface area contributed by atoms with Crippen molar-refractivity contribution in [3.8, 4) is 11.4 Å². The molecule has 3 heterocycles. The van der Waals surface area contributed by atoms with Crippen molar-refractivity contribution in [2.75, 3.05) is 32.4 Å². The van der Waals surface area contributed by atoms with Crippen molar-refractivity contribution in [3.05, 3.63) is 47.8 Å². The number of rotatable bonds is 5. The van der Waals surface area contributed by atoms with E-state index in [2.05, 4.69) is 54.2 Å². The number of fused-ring (bicyclic) bond motifs is 1. The first-order valence-electron chi connectivity index (χ1n) is 12.7. The summed E-state index contributed by atoms with van der Waals surface area (Å²) in [7, 11) is 1.98. The van der Waals surface area contributed by atoms with Crippen molar-refractivity contribution < 1.29 is 4.39 Å². The van der Waals surface area contributed by atoms with Crippen molar-refractivity contribution in [2.45, 2.75) is 62.4 Å². The van der Waals surface area contributed by atoms with Gasteiger partial charge in [0.2, 0.25) is 0 Å². The van der Waals surface area contributed by atoms with Crippen molar-refractivity contribution in [2.24, 2.45) is 7.05 Å². The summed E-state index contributed by atoms with van der Waals surface area (Å²) in [4.78, 5) is 11.4. The Morgan fingerprint density at radius 1 is 0.971 bits per heavy atom. The molecule has 0 radical (unpaired) electrons. The van der Waals surface area contributed by atoms with Gasteiger partial charge in [0.15, 0.2) is 0 Å². The van der Waals surface area contributed by atoms with Crippen LogP contribution in [0.5, 0.6) is 0 Å². The van der Waals surface area contributed by atoms with Gasteiger partial charge in [-0.15, -0.1) is 11.8 Å². The molecular formula is C28H37FN4S. The van der Waals surface area contributed by atoms with Gasteiger partial charge in [-0.1, -0.05) is 12.1 Å². The van der Waals surface area contributed by atoms with Crippen LogP contribution in [0.25, 0.3) is 22.4 Å². The van der Waals surface area contributed by atoms with E-state index in [9.17, 15) is 0 Å². The van der Waals surface area contributed by atoms with Gasteiger partial charge in [0.1, 0.15) is 11.6 Å². The van der Waals surface area contributed by atoms with Gasteiger partial charge in [0.25, 0.3) is 0 Å². The lowest BCUT2D eigenvalue weighted by molar-refractivity contribution is 0.0750. The minimum absolute atomic E-state index is 0.0801. The molecule has 182 valence electrons. The number of imidazole rings is 1. The molecule has 0 N–H and O–H groups in total. The second-order valence-electron chi connectivity index (χ2n) is 10.3. The molecule has 0 atom stereocenters. The van der Waals surface area contributed by atoms with E-state index in [4.69, 9.17) is 4.98 Å². The highest BCUT2D eigenvalue weighted by molar-refractivity contribution is 7.98. The largest absolute Gasteiger partial charge is 0.327 e. The smallest absolute Gasteiger partial charge is 0.140 e. The zero-order chi connectivity index (χ0) is 23.8. The summed E-state index contributed by atoms with van der Waals surface area (Å²) in [6.07, 6.45) is 6.66. The number of piperidine rings is 2. The molecule has 0 amide bonds. The molecule has 2 aliphatic rings. The second-order valence-corrected chi connectivity index (χ2v) is 11.1. The molecular weight excluding hydrogens is 443 g/mol. The van der Waals surface area contributed by atoms with E-state index in [1.165, 1.54) is 30.8 Å². The van der Waals surface area contributed by atoms with E-state index >= 15 is 4.39 Å². The molecule has 0 unspecified atom stereocenters. The summed E-state index contributed by atoms with van der Waals surface area (Å²) in [5, 5.41) is 0. The number of halogens is 1. The highest BCUT2D eigenvalue weighted by Gasteiger charge is 2.30. The summed E-state index contributed by atoms with van der Waals surface area (Å²) in [6.45, 7) is 9.14. The average Bonchev–Trinajstić information content (AvgIpc) is 3.19. The second kappa shape index (κ2) is 10.00. The Morgan fingerprint density at radius 2 is 1.65 bits per heavy atom. The Bertz CT molecular complexity index is 1120. The molecule has 2 aromatic carbocycles. The molecule has 6 heteroatoms. The lowest BCUT2D eigenvalue weighted by Gasteiger charge is -2.42. The number of aryl methyl sites for hydroxylation is 1. The highest BCUT2D eigenvalue weighted by Crippen LogP contribution is 2.35. The van der Waals surface area contributed by atoms with E-state index < -0.39 is 0 Å². The van der Waals surface area contributed by atoms with Crippen LogP contribution in [-0.2, 0) is 7.05 Å². The molecule has 1 aromatic heterocycles. The van der Waals surface area contributed by atoms with Crippen LogP contribution in [0.4, 0.5) is 4.39 Å². The fourth-order valence-corrected chi connectivity index (χ4v) is 6.29. The van der Waals surface area contributed by atoms with Crippen LogP contribution in [0.15, 0.2) is 41.3 Å². The Morgan fingerprint density at radius 3 is 2.26 bits per heavy atom. The summed E-state index contributed by atoms with van der Waals surface area (Å²) < 4.78 is 17.3. The number of thioether (sulfide) groups is 1. The van der Waals surface area contributed by atoms with E-state index in [1.54, 1.807) is 17.8 Å². The fourth-order valence-electron chi connectivity index (χ4n) is 5.88. The molecule has 2 aliphatic heterocycles. The third-order valence-corrected chi connectivity index (χ3v) is 8.81. The van der Waals surface area contributed by atoms with Crippen LogP contribution in [0.1, 0.15) is 51.0 Å². The number of aromatic nitrogens is 2. The fraction of sp³-hybridized carbons (Fsp3) is 0.536. The maximum absolute atomic E-state index is 15.3. The Hall–Kier alpha value is -1.89. The van der Waals surface area contributed by atoms with E-state index in [1.807, 2.05) is 17.7 Å². The van der Waals surface area contributed by atoms with E-state index in [0.29, 0.717) is 12.1 Å². The summed E-state index contributed by atoms with van der Waals surface area (Å²) in [6, 6.07) is 13.5. The highest BCUT2D eigenvalue weighted by atomic mass is 32.2. The zero-order valence-corrected chi connectivity index (χ0v) is 21.7. The quantitative estimate of drug-likeness (QED) is 0.409. The van der Waals surface area contributed by atoms with Crippen LogP contribution >= 0.6 is 11.8 Å². The zero-order valence-electron chi connectivity index (χ0n) is 20.9. The molecule has 0 aliphatic carbocycles. The molecule has 34 heavy (non-hydrogen) atoms. The van der Waals surface area contributed by atoms with Gasteiger partial charge in [-0.05, 0) is 102 Å². The van der Waals surface area contributed by atoms with E-state index in [-0.39, 0.29) is 11.7 Å². The lowest BCUT2D eigenvalue weighted by Crippen LogP contribution is -2.48. The Balaban J connectivity index is 1.30. The first-order valence-corrected chi connectivity index (χ1v) is 14.0. The predicted molar refractivity (Wildman–Crippen MR) is 141 cm³/mol. The minimum atomic E-state index is -0.0801. The minimum Gasteiger partial charge on any atom is -0.327 e. The van der Waals surface area contributed by atoms with Gasteiger partial charge in [0.05, 0.1) is 11.0 Å². The topological polar surface area (TPSA) is 24.3 Å². The third kappa shape index (κ3) is 4.65. The Kier molecular flexibility index (Phi) is 7.01. The number of nitrogens with zero attached hydrogens (tertiary/aromatic N) is 4. The van der Waals surface area contributed by atoms with Gasteiger partial charge in [-0.2, -0.15) is 0 Å². The van der Waals surface area contributed by atoms with Crippen LogP contribution < -0.4 is 0 Å². The molecule has 0 saturated carbocycles. The molecule has 0 spiro atoms. The normalized spacial score (nSPS) is 19.5. The number of benzene rings is 2. The standard InChI is InChI=1S/C28H37FN4S/c1-19(2)32-15-11-22(12-16-32)33-13-9-20(10-14-33)24-17-26-27(18-25(24)29)31(3)28(30-26)21-5-7-23(34-4)8-6-21/h5-8,17-20,22H,9-16H2,1-4H3. The average molecular weight is 481 g/mol. The van der Waals surface area contributed by atoms with Crippen LogP contribution in [0.2, 0.25) is 0 Å². The molecule has 5 rings (SSSR count). The van der Waals surface area contributed by atoms with Gasteiger partial charge in [-0.25, -0.2) is 9.37 Å². The van der Waals surface area contributed by atoms with Crippen molar-refractivity contribution in [1.29, 1.82) is 0 Å². The summed E-state index contributed by atoms with van der Waals surface area (Å²) in [5.74, 6) is 1.09. The first-order chi connectivity index (χ1) is 16.4. The molecule has 0 bridgehead atoms. The van der Waals surface area contributed by atoms with Gasteiger partial charge < -0.3 is 14.4 Å². The molecule has 3 aromatic rings.